The number of terminal acetylenes is 1. The van der Waals surface area contributed by atoms with Crippen LogP contribution >= 0.6 is 0 Å². The van der Waals surface area contributed by atoms with E-state index in [4.69, 9.17) is 11.4 Å². The van der Waals surface area contributed by atoms with Crippen LogP contribution in [0.1, 0.15) is 48.2 Å². The molecule has 1 amide bonds. The summed E-state index contributed by atoms with van der Waals surface area (Å²) in [6.45, 7) is 3.07. The molecule has 4 rings (SSSR count). The number of hydrogen-bond donors (Lipinski definition) is 2. The first-order valence-electron chi connectivity index (χ1n) is 10.9. The standard InChI is InChI=1S/C25H28N4O2/c1-2-14-26-25(31)20-10-13-23-27-24(19-8-11-21(30)12-9-19)22(29(23)17-20)18-28-15-6-4-3-5-7-16-28/h1,8-13,17,30H,3-7,14-16,18H2,(H,26,31). The van der Waals surface area contributed by atoms with Gasteiger partial charge in [0.05, 0.1) is 23.5 Å². The number of imidazole rings is 1. The Kier molecular flexibility index (Phi) is 6.54. The van der Waals surface area contributed by atoms with Crippen molar-refractivity contribution in [3.63, 3.8) is 0 Å². The highest BCUT2D eigenvalue weighted by Gasteiger charge is 2.19. The SMILES string of the molecule is C#CCNC(=O)c1ccc2nc(-c3ccc(O)cc3)c(CN3CCCCCCC3)n2c1. The number of benzene rings is 1. The van der Waals surface area contributed by atoms with E-state index in [1.165, 1.54) is 32.1 Å². The number of carbonyl (C=O) groups is 1. The Morgan fingerprint density at radius 3 is 2.48 bits per heavy atom. The van der Waals surface area contributed by atoms with E-state index >= 15 is 0 Å². The minimum absolute atomic E-state index is 0.195. The maximum Gasteiger partial charge on any atom is 0.253 e. The lowest BCUT2D eigenvalue weighted by Crippen LogP contribution is -2.28. The van der Waals surface area contributed by atoms with E-state index in [0.29, 0.717) is 5.56 Å². The van der Waals surface area contributed by atoms with Crippen molar-refractivity contribution in [1.82, 2.24) is 19.6 Å². The van der Waals surface area contributed by atoms with Gasteiger partial charge in [0.1, 0.15) is 11.4 Å². The quantitative estimate of drug-likeness (QED) is 0.620. The van der Waals surface area contributed by atoms with E-state index in [1.54, 1.807) is 18.2 Å². The summed E-state index contributed by atoms with van der Waals surface area (Å²) in [6.07, 6.45) is 13.4. The molecule has 1 aromatic carbocycles. The van der Waals surface area contributed by atoms with Gasteiger partial charge in [-0.3, -0.25) is 9.69 Å². The summed E-state index contributed by atoms with van der Waals surface area (Å²) in [5.74, 6) is 2.46. The van der Waals surface area contributed by atoms with E-state index in [9.17, 15) is 9.90 Å². The summed E-state index contributed by atoms with van der Waals surface area (Å²) in [5, 5.41) is 12.4. The number of pyridine rings is 1. The normalized spacial score (nSPS) is 15.2. The number of carbonyl (C=O) groups excluding carboxylic acids is 1. The van der Waals surface area contributed by atoms with Crippen molar-refractivity contribution >= 4 is 11.6 Å². The Labute approximate surface area is 182 Å². The van der Waals surface area contributed by atoms with Gasteiger partial charge in [0.15, 0.2) is 0 Å². The summed E-state index contributed by atoms with van der Waals surface area (Å²) in [7, 11) is 0. The molecule has 1 fully saturated rings. The molecule has 0 unspecified atom stereocenters. The molecule has 3 heterocycles. The molecule has 0 radical (unpaired) electrons. The van der Waals surface area contributed by atoms with E-state index in [0.717, 1.165) is 42.2 Å². The lowest BCUT2D eigenvalue weighted by atomic mass is 10.1. The van der Waals surface area contributed by atoms with Crippen LogP contribution in [0.25, 0.3) is 16.9 Å². The molecule has 0 atom stereocenters. The van der Waals surface area contributed by atoms with Crippen molar-refractivity contribution in [2.45, 2.75) is 38.6 Å². The molecule has 0 aliphatic carbocycles. The van der Waals surface area contributed by atoms with Crippen molar-refractivity contribution < 1.29 is 9.90 Å². The highest BCUT2D eigenvalue weighted by atomic mass is 16.3. The Bertz CT molecular complexity index is 1090. The lowest BCUT2D eigenvalue weighted by Gasteiger charge is -2.24. The molecule has 31 heavy (non-hydrogen) atoms. The van der Waals surface area contributed by atoms with E-state index in [1.807, 2.05) is 28.8 Å². The van der Waals surface area contributed by atoms with Gasteiger partial charge in [0.25, 0.3) is 5.91 Å². The largest absolute Gasteiger partial charge is 0.508 e. The maximum absolute atomic E-state index is 12.5. The van der Waals surface area contributed by atoms with Crippen LogP contribution < -0.4 is 5.32 Å². The minimum atomic E-state index is -0.197. The number of nitrogens with zero attached hydrogens (tertiary/aromatic N) is 3. The fourth-order valence-corrected chi connectivity index (χ4v) is 4.15. The van der Waals surface area contributed by atoms with Crippen LogP contribution in [-0.2, 0) is 6.54 Å². The van der Waals surface area contributed by atoms with Crippen molar-refractivity contribution in [2.24, 2.45) is 0 Å². The van der Waals surface area contributed by atoms with Gasteiger partial charge in [0, 0.05) is 18.3 Å². The highest BCUT2D eigenvalue weighted by Crippen LogP contribution is 2.28. The zero-order chi connectivity index (χ0) is 21.6. The summed E-state index contributed by atoms with van der Waals surface area (Å²) < 4.78 is 2.02. The fourth-order valence-electron chi connectivity index (χ4n) is 4.15. The number of likely N-dealkylation sites (tertiary alicyclic amines) is 1. The molecule has 160 valence electrons. The first-order valence-corrected chi connectivity index (χ1v) is 10.9. The van der Waals surface area contributed by atoms with Gasteiger partial charge >= 0.3 is 0 Å². The molecule has 1 aliphatic heterocycles. The van der Waals surface area contributed by atoms with Crippen LogP contribution in [0.5, 0.6) is 5.75 Å². The summed E-state index contributed by atoms with van der Waals surface area (Å²) in [5.41, 5.74) is 4.21. The molecule has 2 N–H and O–H groups in total. The van der Waals surface area contributed by atoms with Crippen LogP contribution in [0, 0.1) is 12.3 Å². The van der Waals surface area contributed by atoms with E-state index < -0.39 is 0 Å². The zero-order valence-electron chi connectivity index (χ0n) is 17.7. The zero-order valence-corrected chi connectivity index (χ0v) is 17.7. The number of fused-ring (bicyclic) bond motifs is 1. The van der Waals surface area contributed by atoms with E-state index in [-0.39, 0.29) is 18.2 Å². The van der Waals surface area contributed by atoms with Crippen molar-refractivity contribution in [3.8, 4) is 29.4 Å². The number of aromatic nitrogens is 2. The Balaban J connectivity index is 1.75. The Morgan fingerprint density at radius 1 is 1.06 bits per heavy atom. The van der Waals surface area contributed by atoms with Crippen LogP contribution in [0.15, 0.2) is 42.6 Å². The molecule has 0 bridgehead atoms. The van der Waals surface area contributed by atoms with Gasteiger partial charge < -0.3 is 14.8 Å². The number of phenolic OH excluding ortho intramolecular Hbond substituents is 1. The van der Waals surface area contributed by atoms with Gasteiger partial charge in [-0.15, -0.1) is 6.42 Å². The molecule has 0 spiro atoms. The maximum atomic E-state index is 12.5. The smallest absolute Gasteiger partial charge is 0.253 e. The summed E-state index contributed by atoms with van der Waals surface area (Å²) in [6, 6.07) is 10.8. The first kappa shape index (κ1) is 21.0. The van der Waals surface area contributed by atoms with Crippen LogP contribution in [0.4, 0.5) is 0 Å². The Hall–Kier alpha value is -3.30. The van der Waals surface area contributed by atoms with Crippen LogP contribution in [-0.4, -0.2) is 44.9 Å². The molecule has 6 heteroatoms. The topological polar surface area (TPSA) is 69.9 Å². The van der Waals surface area contributed by atoms with E-state index in [2.05, 4.69) is 16.1 Å². The van der Waals surface area contributed by atoms with Gasteiger partial charge in [-0.1, -0.05) is 25.2 Å². The number of phenols is 1. The fraction of sp³-hybridized carbons (Fsp3) is 0.360. The molecular weight excluding hydrogens is 388 g/mol. The predicted octanol–water partition coefficient (Wildman–Crippen LogP) is 3.84. The molecular formula is C25H28N4O2. The van der Waals surface area contributed by atoms with Crippen LogP contribution in [0.3, 0.4) is 0 Å². The average Bonchev–Trinajstić information content (AvgIpc) is 3.11. The Morgan fingerprint density at radius 2 is 1.77 bits per heavy atom. The number of rotatable bonds is 5. The minimum Gasteiger partial charge on any atom is -0.508 e. The average molecular weight is 417 g/mol. The molecule has 2 aromatic heterocycles. The van der Waals surface area contributed by atoms with Gasteiger partial charge in [-0.25, -0.2) is 4.98 Å². The third kappa shape index (κ3) is 4.89. The second-order valence-corrected chi connectivity index (χ2v) is 8.03. The van der Waals surface area contributed by atoms with Crippen LogP contribution in [0.2, 0.25) is 0 Å². The second-order valence-electron chi connectivity index (χ2n) is 8.03. The van der Waals surface area contributed by atoms with Crippen molar-refractivity contribution in [2.75, 3.05) is 19.6 Å². The molecule has 6 nitrogen and oxygen atoms in total. The summed E-state index contributed by atoms with van der Waals surface area (Å²) in [4.78, 5) is 19.8. The summed E-state index contributed by atoms with van der Waals surface area (Å²) >= 11 is 0. The molecule has 1 aliphatic rings. The number of nitrogens with one attached hydrogen (secondary N) is 1. The van der Waals surface area contributed by atoms with Gasteiger partial charge in [0.2, 0.25) is 0 Å². The van der Waals surface area contributed by atoms with Crippen molar-refractivity contribution in [3.05, 3.63) is 53.9 Å². The van der Waals surface area contributed by atoms with Gasteiger partial charge in [-0.2, -0.15) is 0 Å². The lowest BCUT2D eigenvalue weighted by molar-refractivity contribution is 0.0958. The number of hydrogen-bond acceptors (Lipinski definition) is 4. The number of amides is 1. The predicted molar refractivity (Wildman–Crippen MR) is 122 cm³/mol. The molecule has 3 aromatic rings. The third-order valence-electron chi connectivity index (χ3n) is 5.79. The first-order chi connectivity index (χ1) is 15.2. The van der Waals surface area contributed by atoms with Crippen molar-refractivity contribution in [1.29, 1.82) is 0 Å². The monoisotopic (exact) mass is 416 g/mol. The van der Waals surface area contributed by atoms with Gasteiger partial charge in [-0.05, 0) is 62.3 Å². The third-order valence-corrected chi connectivity index (χ3v) is 5.79. The second kappa shape index (κ2) is 9.67. The molecule has 1 saturated heterocycles. The molecule has 0 saturated carbocycles. The highest BCUT2D eigenvalue weighted by molar-refractivity contribution is 5.94. The number of aromatic hydroxyl groups is 1.